The van der Waals surface area contributed by atoms with Crippen LogP contribution >= 0.6 is 0 Å². The summed E-state index contributed by atoms with van der Waals surface area (Å²) in [5, 5.41) is 3.45. The molecule has 1 saturated heterocycles. The van der Waals surface area contributed by atoms with Gasteiger partial charge in [0, 0.05) is 18.6 Å². The fraction of sp³-hybridized carbons (Fsp3) is 1.00. The van der Waals surface area contributed by atoms with Gasteiger partial charge in [-0.15, -0.1) is 0 Å². The maximum absolute atomic E-state index is 3.45. The minimum Gasteiger partial charge on any atom is -0.315 e. The Morgan fingerprint density at radius 1 is 1.25 bits per heavy atom. The molecule has 1 heterocycles. The third-order valence-corrected chi connectivity index (χ3v) is 3.00. The highest BCUT2D eigenvalue weighted by Gasteiger charge is 2.34. The van der Waals surface area contributed by atoms with Crippen LogP contribution in [0.2, 0.25) is 0 Å². The second-order valence-electron chi connectivity index (χ2n) is 4.12. The minimum atomic E-state index is 0.859. The first-order chi connectivity index (χ1) is 5.92. The lowest BCUT2D eigenvalue weighted by atomic mass is 10.2. The normalized spacial score (nSPS) is 30.0. The van der Waals surface area contributed by atoms with E-state index in [1.807, 2.05) is 0 Å². The van der Waals surface area contributed by atoms with Crippen LogP contribution in [-0.2, 0) is 0 Å². The topological polar surface area (TPSA) is 15.3 Å². The molecule has 1 aliphatic heterocycles. The van der Waals surface area contributed by atoms with Crippen LogP contribution in [0.4, 0.5) is 0 Å². The van der Waals surface area contributed by atoms with Gasteiger partial charge in [0.25, 0.3) is 0 Å². The zero-order chi connectivity index (χ0) is 8.39. The molecule has 1 saturated carbocycles. The highest BCUT2D eigenvalue weighted by atomic mass is 15.2. The third kappa shape index (κ3) is 1.80. The Labute approximate surface area is 75.3 Å². The Morgan fingerprint density at radius 2 is 2.08 bits per heavy atom. The third-order valence-electron chi connectivity index (χ3n) is 3.00. The molecule has 0 aromatic heterocycles. The second-order valence-corrected chi connectivity index (χ2v) is 4.12. The van der Waals surface area contributed by atoms with E-state index in [1.165, 1.54) is 45.3 Å². The summed E-state index contributed by atoms with van der Waals surface area (Å²) in [4.78, 5) is 2.74. The van der Waals surface area contributed by atoms with Crippen LogP contribution < -0.4 is 5.32 Å². The van der Waals surface area contributed by atoms with E-state index >= 15 is 0 Å². The van der Waals surface area contributed by atoms with Crippen molar-refractivity contribution < 1.29 is 0 Å². The number of rotatable bonds is 4. The monoisotopic (exact) mass is 168 g/mol. The lowest BCUT2D eigenvalue weighted by molar-refractivity contribution is 0.198. The van der Waals surface area contributed by atoms with Crippen molar-refractivity contribution in [1.82, 2.24) is 10.2 Å². The smallest absolute Gasteiger partial charge is 0.0235 e. The van der Waals surface area contributed by atoms with Crippen molar-refractivity contribution in [3.05, 3.63) is 0 Å². The van der Waals surface area contributed by atoms with Crippen LogP contribution in [0, 0.1) is 0 Å². The van der Waals surface area contributed by atoms with E-state index in [-0.39, 0.29) is 0 Å². The summed E-state index contributed by atoms with van der Waals surface area (Å²) in [5.74, 6) is 0. The molecule has 1 N–H and O–H groups in total. The Bertz CT molecular complexity index is 137. The highest BCUT2D eigenvalue weighted by molar-refractivity contribution is 4.91. The van der Waals surface area contributed by atoms with Crippen LogP contribution in [-0.4, -0.2) is 36.6 Å². The van der Waals surface area contributed by atoms with Crippen molar-refractivity contribution in [2.24, 2.45) is 0 Å². The molecule has 0 bridgehead atoms. The summed E-state index contributed by atoms with van der Waals surface area (Å²) in [5.41, 5.74) is 0. The van der Waals surface area contributed by atoms with Crippen molar-refractivity contribution in [3.8, 4) is 0 Å². The Morgan fingerprint density at radius 3 is 2.58 bits per heavy atom. The van der Waals surface area contributed by atoms with Crippen molar-refractivity contribution >= 4 is 0 Å². The zero-order valence-electron chi connectivity index (χ0n) is 8.05. The van der Waals surface area contributed by atoms with Gasteiger partial charge in [-0.2, -0.15) is 0 Å². The van der Waals surface area contributed by atoms with E-state index in [0.29, 0.717) is 0 Å². The van der Waals surface area contributed by atoms with E-state index < -0.39 is 0 Å². The van der Waals surface area contributed by atoms with Crippen molar-refractivity contribution in [1.29, 1.82) is 0 Å². The predicted octanol–water partition coefficient (Wildman–Crippen LogP) is 1.22. The molecule has 1 aliphatic carbocycles. The lowest BCUT2D eigenvalue weighted by Crippen LogP contribution is -2.39. The summed E-state index contributed by atoms with van der Waals surface area (Å²) >= 11 is 0. The molecular weight excluding hydrogens is 148 g/mol. The Kier molecular flexibility index (Phi) is 2.66. The maximum Gasteiger partial charge on any atom is 0.0235 e. The van der Waals surface area contributed by atoms with Gasteiger partial charge in [-0.25, -0.2) is 0 Å². The van der Waals surface area contributed by atoms with Crippen molar-refractivity contribution in [3.63, 3.8) is 0 Å². The van der Waals surface area contributed by atoms with Gasteiger partial charge < -0.3 is 5.32 Å². The Balaban J connectivity index is 1.85. The van der Waals surface area contributed by atoms with Crippen molar-refractivity contribution in [2.75, 3.05) is 19.6 Å². The average Bonchev–Trinajstić information content (AvgIpc) is 2.77. The molecule has 0 radical (unpaired) electrons. The zero-order valence-corrected chi connectivity index (χ0v) is 8.05. The quantitative estimate of drug-likeness (QED) is 0.679. The van der Waals surface area contributed by atoms with Crippen molar-refractivity contribution in [2.45, 2.75) is 44.7 Å². The molecule has 2 fully saturated rings. The molecule has 2 rings (SSSR count). The van der Waals surface area contributed by atoms with Gasteiger partial charge in [-0.1, -0.05) is 6.92 Å². The molecule has 12 heavy (non-hydrogen) atoms. The summed E-state index contributed by atoms with van der Waals surface area (Å²) in [7, 11) is 0. The van der Waals surface area contributed by atoms with Gasteiger partial charge in [0.15, 0.2) is 0 Å². The van der Waals surface area contributed by atoms with E-state index in [1.54, 1.807) is 0 Å². The molecule has 2 nitrogen and oxygen atoms in total. The Hall–Kier alpha value is -0.0800. The summed E-state index contributed by atoms with van der Waals surface area (Å²) < 4.78 is 0. The molecule has 70 valence electrons. The molecule has 1 atom stereocenters. The fourth-order valence-electron chi connectivity index (χ4n) is 2.25. The average molecular weight is 168 g/mol. The van der Waals surface area contributed by atoms with E-state index in [2.05, 4.69) is 17.1 Å². The number of nitrogens with one attached hydrogen (secondary N) is 1. The van der Waals surface area contributed by atoms with Crippen LogP contribution in [0.1, 0.15) is 32.6 Å². The first kappa shape index (κ1) is 8.52. The van der Waals surface area contributed by atoms with Crippen LogP contribution in [0.5, 0.6) is 0 Å². The SMILES string of the molecule is CCCN(C1CC1)C1CCNC1. The van der Waals surface area contributed by atoms with Gasteiger partial charge in [-0.3, -0.25) is 4.90 Å². The second kappa shape index (κ2) is 3.75. The molecule has 0 amide bonds. The number of hydrogen-bond acceptors (Lipinski definition) is 2. The molecule has 2 aliphatic rings. The van der Waals surface area contributed by atoms with Crippen LogP contribution in [0.25, 0.3) is 0 Å². The molecule has 1 unspecified atom stereocenters. The molecule has 2 heteroatoms. The summed E-state index contributed by atoms with van der Waals surface area (Å²) in [6.45, 7) is 6.07. The summed E-state index contributed by atoms with van der Waals surface area (Å²) in [6, 6.07) is 1.81. The maximum atomic E-state index is 3.45. The predicted molar refractivity (Wildman–Crippen MR) is 51.3 cm³/mol. The van der Waals surface area contributed by atoms with Gasteiger partial charge in [0.05, 0.1) is 0 Å². The van der Waals surface area contributed by atoms with Crippen LogP contribution in [0.3, 0.4) is 0 Å². The van der Waals surface area contributed by atoms with E-state index in [9.17, 15) is 0 Å². The molecule has 0 aromatic rings. The number of hydrogen-bond donors (Lipinski definition) is 1. The first-order valence-electron chi connectivity index (χ1n) is 5.38. The lowest BCUT2D eigenvalue weighted by Gasteiger charge is -2.27. The van der Waals surface area contributed by atoms with E-state index in [4.69, 9.17) is 0 Å². The van der Waals surface area contributed by atoms with Gasteiger partial charge in [0.1, 0.15) is 0 Å². The standard InChI is InChI=1S/C10H20N2/c1-2-7-12(9-3-4-9)10-5-6-11-8-10/h9-11H,2-8H2,1H3. The van der Waals surface area contributed by atoms with E-state index in [0.717, 1.165) is 12.1 Å². The molecular formula is C10H20N2. The molecule has 0 aromatic carbocycles. The number of nitrogens with zero attached hydrogens (tertiary/aromatic N) is 1. The van der Waals surface area contributed by atoms with Gasteiger partial charge >= 0.3 is 0 Å². The minimum absolute atomic E-state index is 0.859. The summed E-state index contributed by atoms with van der Waals surface area (Å²) in [6.07, 6.45) is 5.59. The largest absolute Gasteiger partial charge is 0.315 e. The van der Waals surface area contributed by atoms with Gasteiger partial charge in [-0.05, 0) is 38.8 Å². The fourth-order valence-corrected chi connectivity index (χ4v) is 2.25. The first-order valence-corrected chi connectivity index (χ1v) is 5.38. The van der Waals surface area contributed by atoms with Crippen LogP contribution in [0.15, 0.2) is 0 Å². The molecule has 0 spiro atoms. The van der Waals surface area contributed by atoms with Gasteiger partial charge in [0.2, 0.25) is 0 Å². The highest BCUT2D eigenvalue weighted by Crippen LogP contribution is 2.30.